The van der Waals surface area contributed by atoms with Gasteiger partial charge in [0, 0.05) is 12.8 Å². The molecule has 1 atom stereocenters. The number of aliphatic carboxylic acids is 1. The van der Waals surface area contributed by atoms with Gasteiger partial charge in [-0.05, 0) is 26.7 Å². The van der Waals surface area contributed by atoms with Crippen LogP contribution in [-0.4, -0.2) is 22.6 Å². The quantitative estimate of drug-likeness (QED) is 0.674. The van der Waals surface area contributed by atoms with Crippen LogP contribution in [0.1, 0.15) is 39.5 Å². The molecule has 0 aromatic rings. The lowest BCUT2D eigenvalue weighted by Gasteiger charge is -2.08. The van der Waals surface area contributed by atoms with E-state index in [1.165, 1.54) is 13.8 Å². The number of ketones is 2. The molecular weight excluding hydrogens is 184 g/mol. The fourth-order valence-corrected chi connectivity index (χ4v) is 1.26. The lowest BCUT2D eigenvalue weighted by molar-refractivity contribution is -0.144. The van der Waals surface area contributed by atoms with E-state index in [0.717, 1.165) is 0 Å². The first-order valence-electron chi connectivity index (χ1n) is 4.65. The van der Waals surface area contributed by atoms with E-state index in [9.17, 15) is 14.4 Å². The summed E-state index contributed by atoms with van der Waals surface area (Å²) in [7, 11) is 0. The number of carboxylic acids is 1. The third kappa shape index (κ3) is 6.34. The Kier molecular flexibility index (Phi) is 5.76. The fraction of sp³-hybridized carbons (Fsp3) is 0.700. The first kappa shape index (κ1) is 12.8. The molecule has 4 heteroatoms. The van der Waals surface area contributed by atoms with Gasteiger partial charge in [-0.15, -0.1) is 0 Å². The molecule has 0 aliphatic rings. The van der Waals surface area contributed by atoms with Crippen LogP contribution >= 0.6 is 0 Å². The van der Waals surface area contributed by atoms with Crippen molar-refractivity contribution in [2.75, 3.05) is 0 Å². The number of carbonyl (C=O) groups is 3. The Morgan fingerprint density at radius 3 is 2.07 bits per heavy atom. The van der Waals surface area contributed by atoms with E-state index >= 15 is 0 Å². The summed E-state index contributed by atoms with van der Waals surface area (Å²) in [6.07, 6.45) is 1.39. The van der Waals surface area contributed by atoms with Crippen LogP contribution in [0.5, 0.6) is 0 Å². The molecule has 0 fully saturated rings. The lowest BCUT2D eigenvalue weighted by Crippen LogP contribution is -2.17. The normalized spacial score (nSPS) is 12.1. The molecule has 1 unspecified atom stereocenters. The van der Waals surface area contributed by atoms with Gasteiger partial charge in [0.05, 0.1) is 5.92 Å². The number of rotatable bonds is 7. The average molecular weight is 200 g/mol. The van der Waals surface area contributed by atoms with Crippen molar-refractivity contribution in [3.8, 4) is 0 Å². The van der Waals surface area contributed by atoms with Gasteiger partial charge in [-0.25, -0.2) is 0 Å². The fourth-order valence-electron chi connectivity index (χ4n) is 1.26. The van der Waals surface area contributed by atoms with Crippen molar-refractivity contribution in [2.45, 2.75) is 39.5 Å². The highest BCUT2D eigenvalue weighted by Gasteiger charge is 2.18. The van der Waals surface area contributed by atoms with Gasteiger partial charge < -0.3 is 14.7 Å². The zero-order valence-corrected chi connectivity index (χ0v) is 8.58. The third-order valence-electron chi connectivity index (χ3n) is 1.96. The number of carboxylic acid groups (broad SMARTS) is 1. The summed E-state index contributed by atoms with van der Waals surface area (Å²) >= 11 is 0. The van der Waals surface area contributed by atoms with Gasteiger partial charge in [-0.1, -0.05) is 0 Å². The van der Waals surface area contributed by atoms with Gasteiger partial charge in [-0.2, -0.15) is 0 Å². The third-order valence-corrected chi connectivity index (χ3v) is 1.96. The van der Waals surface area contributed by atoms with Crippen LogP contribution in [0.25, 0.3) is 0 Å². The van der Waals surface area contributed by atoms with Crippen molar-refractivity contribution in [1.82, 2.24) is 0 Å². The highest BCUT2D eigenvalue weighted by atomic mass is 16.4. The van der Waals surface area contributed by atoms with E-state index in [0.29, 0.717) is 19.3 Å². The second-order valence-electron chi connectivity index (χ2n) is 3.54. The molecule has 0 aliphatic heterocycles. The second kappa shape index (κ2) is 6.29. The molecule has 14 heavy (non-hydrogen) atoms. The lowest BCUT2D eigenvalue weighted by atomic mass is 9.96. The van der Waals surface area contributed by atoms with Crippen LogP contribution in [-0.2, 0) is 14.4 Å². The summed E-state index contributed by atoms with van der Waals surface area (Å²) in [5.41, 5.74) is 0. The molecule has 0 radical (unpaired) electrons. The molecule has 1 N–H and O–H groups in total. The largest absolute Gasteiger partial charge is 0.481 e. The molecule has 80 valence electrons. The maximum absolute atomic E-state index is 10.7. The standard InChI is InChI=1S/C10H16O4/c1-7(11)4-3-5-9(10(13)14)6-8(2)12/h9H,3-6H2,1-2H3,(H,13,14). The molecule has 0 saturated heterocycles. The predicted molar refractivity (Wildman–Crippen MR) is 51.0 cm³/mol. The van der Waals surface area contributed by atoms with E-state index in [1.807, 2.05) is 0 Å². The van der Waals surface area contributed by atoms with Crippen molar-refractivity contribution in [1.29, 1.82) is 0 Å². The molecule has 0 aliphatic carbocycles. The summed E-state index contributed by atoms with van der Waals surface area (Å²) in [6.45, 7) is 2.85. The average Bonchev–Trinajstić information content (AvgIpc) is 2.00. The van der Waals surface area contributed by atoms with Gasteiger partial charge in [0.2, 0.25) is 0 Å². The Balaban J connectivity index is 3.91. The van der Waals surface area contributed by atoms with E-state index in [-0.39, 0.29) is 18.0 Å². The smallest absolute Gasteiger partial charge is 0.306 e. The molecule has 0 bridgehead atoms. The van der Waals surface area contributed by atoms with Gasteiger partial charge in [0.1, 0.15) is 11.6 Å². The molecule has 0 amide bonds. The van der Waals surface area contributed by atoms with Crippen LogP contribution in [0.15, 0.2) is 0 Å². The number of hydrogen-bond donors (Lipinski definition) is 1. The summed E-state index contributed by atoms with van der Waals surface area (Å²) in [6, 6.07) is 0. The molecule has 0 spiro atoms. The maximum atomic E-state index is 10.7. The van der Waals surface area contributed by atoms with E-state index in [1.54, 1.807) is 0 Å². The number of carbonyl (C=O) groups excluding carboxylic acids is 2. The molecule has 0 saturated carbocycles. The number of Topliss-reactive ketones (excluding diaryl/α,β-unsaturated/α-hetero) is 2. The molecule has 4 nitrogen and oxygen atoms in total. The first-order chi connectivity index (χ1) is 6.43. The van der Waals surface area contributed by atoms with Gasteiger partial charge in [0.25, 0.3) is 0 Å². The van der Waals surface area contributed by atoms with Crippen LogP contribution in [0, 0.1) is 5.92 Å². The monoisotopic (exact) mass is 200 g/mol. The van der Waals surface area contributed by atoms with Crippen molar-refractivity contribution in [3.05, 3.63) is 0 Å². The van der Waals surface area contributed by atoms with Crippen molar-refractivity contribution >= 4 is 17.5 Å². The summed E-state index contributed by atoms with van der Waals surface area (Å²) in [4.78, 5) is 32.0. The molecular formula is C10H16O4. The van der Waals surface area contributed by atoms with Gasteiger partial charge in [0.15, 0.2) is 0 Å². The second-order valence-corrected chi connectivity index (χ2v) is 3.54. The Bertz CT molecular complexity index is 232. The topological polar surface area (TPSA) is 71.4 Å². The Morgan fingerprint density at radius 2 is 1.71 bits per heavy atom. The number of hydrogen-bond acceptors (Lipinski definition) is 3. The van der Waals surface area contributed by atoms with Gasteiger partial charge in [-0.3, -0.25) is 4.79 Å². The van der Waals surface area contributed by atoms with Gasteiger partial charge >= 0.3 is 5.97 Å². The zero-order chi connectivity index (χ0) is 11.1. The van der Waals surface area contributed by atoms with Crippen LogP contribution < -0.4 is 0 Å². The van der Waals surface area contributed by atoms with E-state index in [2.05, 4.69) is 0 Å². The molecule has 0 aromatic heterocycles. The molecule has 0 aromatic carbocycles. The Labute approximate surface area is 83.3 Å². The minimum absolute atomic E-state index is 0.0527. The van der Waals surface area contributed by atoms with Crippen molar-refractivity contribution < 1.29 is 19.5 Å². The van der Waals surface area contributed by atoms with E-state index in [4.69, 9.17) is 5.11 Å². The van der Waals surface area contributed by atoms with Crippen LogP contribution in [0.3, 0.4) is 0 Å². The van der Waals surface area contributed by atoms with Crippen molar-refractivity contribution in [3.63, 3.8) is 0 Å². The van der Waals surface area contributed by atoms with Crippen molar-refractivity contribution in [2.24, 2.45) is 5.92 Å². The van der Waals surface area contributed by atoms with Crippen LogP contribution in [0.2, 0.25) is 0 Å². The van der Waals surface area contributed by atoms with E-state index < -0.39 is 11.9 Å². The summed E-state index contributed by atoms with van der Waals surface area (Å²) < 4.78 is 0. The first-order valence-corrected chi connectivity index (χ1v) is 4.65. The summed E-state index contributed by atoms with van der Waals surface area (Å²) in [5, 5.41) is 8.75. The zero-order valence-electron chi connectivity index (χ0n) is 8.58. The highest BCUT2D eigenvalue weighted by Crippen LogP contribution is 2.13. The Morgan fingerprint density at radius 1 is 1.14 bits per heavy atom. The highest BCUT2D eigenvalue weighted by molar-refractivity contribution is 5.82. The SMILES string of the molecule is CC(=O)CCCC(CC(C)=O)C(=O)O. The minimum atomic E-state index is -0.955. The maximum Gasteiger partial charge on any atom is 0.306 e. The molecule has 0 heterocycles. The minimum Gasteiger partial charge on any atom is -0.481 e. The predicted octanol–water partition coefficient (Wildman–Crippen LogP) is 1.43. The Hall–Kier alpha value is -1.19. The summed E-state index contributed by atoms with van der Waals surface area (Å²) in [5.74, 6) is -1.66. The van der Waals surface area contributed by atoms with Crippen LogP contribution in [0.4, 0.5) is 0 Å². The molecule has 0 rings (SSSR count).